The third-order valence-corrected chi connectivity index (χ3v) is 7.38. The van der Waals surface area contributed by atoms with Gasteiger partial charge in [-0.1, -0.05) is 30.3 Å². The van der Waals surface area contributed by atoms with E-state index < -0.39 is 21.0 Å². The molecule has 156 valence electrons. The average Bonchev–Trinajstić information content (AvgIpc) is 2.77. The molecule has 0 unspecified atom stereocenters. The van der Waals surface area contributed by atoms with Gasteiger partial charge in [0.2, 0.25) is 0 Å². The normalized spacial score (nSPS) is 13.0. The van der Waals surface area contributed by atoms with E-state index >= 15 is 0 Å². The van der Waals surface area contributed by atoms with Crippen molar-refractivity contribution in [2.75, 3.05) is 5.32 Å². The Hall–Kier alpha value is -3.58. The van der Waals surface area contributed by atoms with E-state index in [1.54, 1.807) is 44.2 Å². The van der Waals surface area contributed by atoms with Crippen molar-refractivity contribution in [1.82, 2.24) is 0 Å². The molecule has 0 heterocycles. The molecule has 0 aliphatic heterocycles. The molecule has 4 rings (SSSR count). The van der Waals surface area contributed by atoms with Crippen LogP contribution in [0.3, 0.4) is 0 Å². The van der Waals surface area contributed by atoms with E-state index in [-0.39, 0.29) is 33.2 Å². The molecule has 1 N–H and O–H groups in total. The molecule has 0 saturated carbocycles. The summed E-state index contributed by atoms with van der Waals surface area (Å²) in [6.45, 7) is 3.15. The van der Waals surface area contributed by atoms with Crippen molar-refractivity contribution < 1.29 is 22.8 Å². The predicted octanol–water partition coefficient (Wildman–Crippen LogP) is 3.90. The fourth-order valence-electron chi connectivity index (χ4n) is 3.47. The van der Waals surface area contributed by atoms with E-state index in [9.17, 15) is 22.8 Å². The van der Waals surface area contributed by atoms with E-state index in [0.717, 1.165) is 0 Å². The predicted molar refractivity (Wildman–Crippen MR) is 116 cm³/mol. The summed E-state index contributed by atoms with van der Waals surface area (Å²) in [6.07, 6.45) is 0. The van der Waals surface area contributed by atoms with Crippen molar-refractivity contribution in [1.29, 1.82) is 0 Å². The number of amides is 1. The number of benzene rings is 3. The number of carbonyl (C=O) groups excluding carboxylic acids is 3. The second kappa shape index (κ2) is 7.59. The maximum absolute atomic E-state index is 12.8. The minimum atomic E-state index is -3.52. The number of rotatable bonds is 4. The standard InChI is InChI=1S/C24H19NO5S/c1-14(2)31(29,30)17-7-5-6-15(12-17)24(28)25-16-10-11-20-21(13-16)23(27)19-9-4-3-8-18(19)22(20)26/h3-14H,1-2H3,(H,25,28). The monoisotopic (exact) mass is 433 g/mol. The van der Waals surface area contributed by atoms with Gasteiger partial charge < -0.3 is 5.32 Å². The zero-order valence-electron chi connectivity index (χ0n) is 16.9. The smallest absolute Gasteiger partial charge is 0.255 e. The molecular formula is C24H19NO5S. The van der Waals surface area contributed by atoms with E-state index in [2.05, 4.69) is 5.32 Å². The lowest BCUT2D eigenvalue weighted by Gasteiger charge is -2.18. The Balaban J connectivity index is 1.64. The van der Waals surface area contributed by atoms with Crippen LogP contribution in [0.25, 0.3) is 0 Å². The van der Waals surface area contributed by atoms with Crippen molar-refractivity contribution in [2.45, 2.75) is 24.0 Å². The number of hydrogen-bond donors (Lipinski definition) is 1. The minimum Gasteiger partial charge on any atom is -0.322 e. The Bertz CT molecular complexity index is 1360. The van der Waals surface area contributed by atoms with Gasteiger partial charge >= 0.3 is 0 Å². The van der Waals surface area contributed by atoms with Gasteiger partial charge in [0.25, 0.3) is 5.91 Å². The first-order chi connectivity index (χ1) is 14.7. The van der Waals surface area contributed by atoms with Crippen LogP contribution in [0.4, 0.5) is 5.69 Å². The van der Waals surface area contributed by atoms with E-state index in [4.69, 9.17) is 0 Å². The number of sulfone groups is 1. The quantitative estimate of drug-likeness (QED) is 0.526. The molecular weight excluding hydrogens is 414 g/mol. The summed E-state index contributed by atoms with van der Waals surface area (Å²) >= 11 is 0. The highest BCUT2D eigenvalue weighted by Crippen LogP contribution is 2.29. The molecule has 3 aromatic carbocycles. The van der Waals surface area contributed by atoms with E-state index in [1.807, 2.05) is 0 Å². The number of anilines is 1. The SMILES string of the molecule is CC(C)S(=O)(=O)c1cccc(C(=O)Nc2ccc3c(c2)C(=O)c2ccccc2C3=O)c1. The van der Waals surface area contributed by atoms with Crippen LogP contribution in [0.15, 0.2) is 71.6 Å². The molecule has 0 aromatic heterocycles. The molecule has 0 saturated heterocycles. The number of carbonyl (C=O) groups is 3. The van der Waals surface area contributed by atoms with Crippen LogP contribution in [0.2, 0.25) is 0 Å². The number of fused-ring (bicyclic) bond motifs is 2. The van der Waals surface area contributed by atoms with Gasteiger partial charge in [0.1, 0.15) is 0 Å². The average molecular weight is 433 g/mol. The first-order valence-corrected chi connectivity index (χ1v) is 11.2. The number of hydrogen-bond acceptors (Lipinski definition) is 5. The fraction of sp³-hybridized carbons (Fsp3) is 0.125. The fourth-order valence-corrected chi connectivity index (χ4v) is 4.57. The van der Waals surface area contributed by atoms with Gasteiger partial charge in [0, 0.05) is 33.5 Å². The molecule has 0 fully saturated rings. The van der Waals surface area contributed by atoms with Crippen LogP contribution in [-0.2, 0) is 9.84 Å². The lowest BCUT2D eigenvalue weighted by molar-refractivity contribution is 0.0979. The van der Waals surface area contributed by atoms with Crippen molar-refractivity contribution in [3.05, 3.63) is 94.5 Å². The van der Waals surface area contributed by atoms with Crippen LogP contribution in [0, 0.1) is 0 Å². The number of nitrogens with one attached hydrogen (secondary N) is 1. The third kappa shape index (κ3) is 3.57. The van der Waals surface area contributed by atoms with Gasteiger partial charge in [-0.3, -0.25) is 14.4 Å². The Kier molecular flexibility index (Phi) is 5.07. The highest BCUT2D eigenvalue weighted by molar-refractivity contribution is 7.92. The van der Waals surface area contributed by atoms with Gasteiger partial charge in [-0.15, -0.1) is 0 Å². The summed E-state index contributed by atoms with van der Waals surface area (Å²) in [5, 5.41) is 2.07. The van der Waals surface area contributed by atoms with Crippen LogP contribution in [-0.4, -0.2) is 31.1 Å². The molecule has 6 nitrogen and oxygen atoms in total. The number of ketones is 2. The Labute approximate surface area is 179 Å². The van der Waals surface area contributed by atoms with Crippen LogP contribution < -0.4 is 5.32 Å². The minimum absolute atomic E-state index is 0.0676. The summed E-state index contributed by atoms with van der Waals surface area (Å²) in [5.74, 6) is -1.04. The summed E-state index contributed by atoms with van der Waals surface area (Å²) < 4.78 is 24.8. The summed E-state index contributed by atoms with van der Waals surface area (Å²) in [5.41, 5.74) is 1.70. The lowest BCUT2D eigenvalue weighted by Crippen LogP contribution is -2.21. The van der Waals surface area contributed by atoms with Crippen molar-refractivity contribution in [3.8, 4) is 0 Å². The molecule has 31 heavy (non-hydrogen) atoms. The maximum atomic E-state index is 12.8. The van der Waals surface area contributed by atoms with Crippen molar-refractivity contribution >= 4 is 33.0 Å². The summed E-state index contributed by atoms with van der Waals surface area (Å²) in [6, 6.07) is 16.9. The van der Waals surface area contributed by atoms with Crippen LogP contribution in [0.5, 0.6) is 0 Å². The zero-order valence-corrected chi connectivity index (χ0v) is 17.7. The first-order valence-electron chi connectivity index (χ1n) is 9.68. The highest BCUT2D eigenvalue weighted by Gasteiger charge is 2.29. The second-order valence-electron chi connectivity index (χ2n) is 7.54. The van der Waals surface area contributed by atoms with E-state index in [0.29, 0.717) is 16.8 Å². The molecule has 1 aliphatic carbocycles. The molecule has 1 aliphatic rings. The zero-order chi connectivity index (χ0) is 22.3. The molecule has 3 aromatic rings. The summed E-state index contributed by atoms with van der Waals surface area (Å²) in [7, 11) is -3.52. The molecule has 0 spiro atoms. The highest BCUT2D eigenvalue weighted by atomic mass is 32.2. The van der Waals surface area contributed by atoms with Crippen molar-refractivity contribution in [2.24, 2.45) is 0 Å². The largest absolute Gasteiger partial charge is 0.322 e. The molecule has 0 atom stereocenters. The lowest BCUT2D eigenvalue weighted by atomic mass is 9.84. The van der Waals surface area contributed by atoms with Gasteiger partial charge in [-0.2, -0.15) is 0 Å². The Morgan fingerprint density at radius 2 is 1.39 bits per heavy atom. The second-order valence-corrected chi connectivity index (χ2v) is 10.0. The summed E-state index contributed by atoms with van der Waals surface area (Å²) in [4.78, 5) is 38.3. The molecule has 0 bridgehead atoms. The van der Waals surface area contributed by atoms with E-state index in [1.165, 1.54) is 36.4 Å². The first kappa shape index (κ1) is 20.7. The van der Waals surface area contributed by atoms with Gasteiger partial charge in [0.05, 0.1) is 10.1 Å². The van der Waals surface area contributed by atoms with Gasteiger partial charge in [0.15, 0.2) is 21.4 Å². The molecule has 1 amide bonds. The third-order valence-electron chi connectivity index (χ3n) is 5.23. The van der Waals surface area contributed by atoms with Crippen molar-refractivity contribution in [3.63, 3.8) is 0 Å². The van der Waals surface area contributed by atoms with Crippen LogP contribution in [0.1, 0.15) is 56.0 Å². The maximum Gasteiger partial charge on any atom is 0.255 e. The van der Waals surface area contributed by atoms with Gasteiger partial charge in [-0.05, 0) is 50.2 Å². The topological polar surface area (TPSA) is 97.4 Å². The molecule has 7 heteroatoms. The van der Waals surface area contributed by atoms with Crippen LogP contribution >= 0.6 is 0 Å². The molecule has 0 radical (unpaired) electrons. The Morgan fingerprint density at radius 1 is 0.774 bits per heavy atom. The Morgan fingerprint density at radius 3 is 2.03 bits per heavy atom. The van der Waals surface area contributed by atoms with Gasteiger partial charge in [-0.25, -0.2) is 8.42 Å².